The fourth-order valence-electron chi connectivity index (χ4n) is 2.58. The SMILES string of the molecule is Cc1cc(S(=O)(=O)Nc2ccc(Cl)cc2)ccc1OCC(=O)Nc1ccccc1Br. The van der Waals surface area contributed by atoms with Crippen molar-refractivity contribution in [3.63, 3.8) is 0 Å². The van der Waals surface area contributed by atoms with Crippen LogP contribution >= 0.6 is 27.5 Å². The zero-order valence-electron chi connectivity index (χ0n) is 15.9. The summed E-state index contributed by atoms with van der Waals surface area (Å²) >= 11 is 9.18. The van der Waals surface area contributed by atoms with Crippen molar-refractivity contribution >= 4 is 54.8 Å². The van der Waals surface area contributed by atoms with Gasteiger partial charge in [0.25, 0.3) is 15.9 Å². The lowest BCUT2D eigenvalue weighted by molar-refractivity contribution is -0.118. The van der Waals surface area contributed by atoms with Gasteiger partial charge in [0.15, 0.2) is 6.61 Å². The molecule has 30 heavy (non-hydrogen) atoms. The first-order chi connectivity index (χ1) is 14.2. The highest BCUT2D eigenvalue weighted by molar-refractivity contribution is 9.10. The molecule has 3 rings (SSSR count). The van der Waals surface area contributed by atoms with E-state index < -0.39 is 10.0 Å². The van der Waals surface area contributed by atoms with Crippen LogP contribution in [-0.4, -0.2) is 20.9 Å². The van der Waals surface area contributed by atoms with Gasteiger partial charge >= 0.3 is 0 Å². The van der Waals surface area contributed by atoms with Gasteiger partial charge in [0.05, 0.1) is 10.6 Å². The van der Waals surface area contributed by atoms with Crippen LogP contribution in [0.25, 0.3) is 0 Å². The van der Waals surface area contributed by atoms with Gasteiger partial charge in [0.2, 0.25) is 0 Å². The van der Waals surface area contributed by atoms with Crippen LogP contribution in [0.5, 0.6) is 5.75 Å². The topological polar surface area (TPSA) is 84.5 Å². The number of nitrogens with one attached hydrogen (secondary N) is 2. The lowest BCUT2D eigenvalue weighted by Gasteiger charge is -2.13. The molecule has 3 aromatic rings. The number of amides is 1. The average molecular weight is 510 g/mol. The third-order valence-corrected chi connectivity index (χ3v) is 6.38. The zero-order valence-corrected chi connectivity index (χ0v) is 19.0. The Morgan fingerprint density at radius 3 is 2.43 bits per heavy atom. The summed E-state index contributed by atoms with van der Waals surface area (Å²) in [5.74, 6) is 0.0881. The molecular formula is C21H18BrClN2O4S. The van der Waals surface area contributed by atoms with Gasteiger partial charge in [0.1, 0.15) is 5.75 Å². The van der Waals surface area contributed by atoms with E-state index in [0.717, 1.165) is 4.47 Å². The number of hydrogen-bond donors (Lipinski definition) is 2. The Morgan fingerprint density at radius 2 is 1.77 bits per heavy atom. The second kappa shape index (κ2) is 9.51. The molecule has 0 aliphatic heterocycles. The van der Waals surface area contributed by atoms with Crippen molar-refractivity contribution in [2.24, 2.45) is 0 Å². The minimum atomic E-state index is -3.78. The van der Waals surface area contributed by atoms with Crippen molar-refractivity contribution in [3.05, 3.63) is 81.8 Å². The number of ether oxygens (including phenoxy) is 1. The maximum Gasteiger partial charge on any atom is 0.262 e. The number of benzene rings is 3. The third kappa shape index (κ3) is 5.75. The number of hydrogen-bond acceptors (Lipinski definition) is 4. The molecule has 0 atom stereocenters. The zero-order chi connectivity index (χ0) is 21.7. The van der Waals surface area contributed by atoms with E-state index in [-0.39, 0.29) is 17.4 Å². The van der Waals surface area contributed by atoms with Crippen molar-refractivity contribution < 1.29 is 17.9 Å². The highest BCUT2D eigenvalue weighted by Crippen LogP contribution is 2.25. The van der Waals surface area contributed by atoms with Crippen LogP contribution in [-0.2, 0) is 14.8 Å². The maximum atomic E-state index is 12.6. The first-order valence-electron chi connectivity index (χ1n) is 8.81. The van der Waals surface area contributed by atoms with E-state index in [1.807, 2.05) is 18.2 Å². The number of carbonyl (C=O) groups excluding carboxylic acids is 1. The summed E-state index contributed by atoms with van der Waals surface area (Å²) in [5, 5.41) is 3.25. The number of aryl methyl sites for hydroxylation is 1. The van der Waals surface area contributed by atoms with Gasteiger partial charge in [-0.1, -0.05) is 23.7 Å². The van der Waals surface area contributed by atoms with Gasteiger partial charge in [-0.25, -0.2) is 8.42 Å². The summed E-state index contributed by atoms with van der Waals surface area (Å²) in [6.07, 6.45) is 0. The van der Waals surface area contributed by atoms with Crippen molar-refractivity contribution in [3.8, 4) is 5.75 Å². The first-order valence-corrected chi connectivity index (χ1v) is 11.5. The molecule has 0 fully saturated rings. The van der Waals surface area contributed by atoms with Crippen LogP contribution in [0.2, 0.25) is 5.02 Å². The predicted molar refractivity (Wildman–Crippen MR) is 122 cm³/mol. The van der Waals surface area contributed by atoms with E-state index in [9.17, 15) is 13.2 Å². The summed E-state index contributed by atoms with van der Waals surface area (Å²) in [6, 6.07) is 18.0. The molecule has 0 aliphatic carbocycles. The largest absolute Gasteiger partial charge is 0.483 e. The third-order valence-electron chi connectivity index (χ3n) is 4.06. The summed E-state index contributed by atoms with van der Waals surface area (Å²) in [7, 11) is -3.78. The lowest BCUT2D eigenvalue weighted by atomic mass is 10.2. The standard InChI is InChI=1S/C21H18BrClN2O4S/c1-14-12-17(30(27,28)25-16-8-6-15(23)7-9-16)10-11-20(14)29-13-21(26)24-19-5-3-2-4-18(19)22/h2-12,25H,13H2,1H3,(H,24,26). The lowest BCUT2D eigenvalue weighted by Crippen LogP contribution is -2.20. The van der Waals surface area contributed by atoms with Crippen molar-refractivity contribution in [1.29, 1.82) is 0 Å². The number of para-hydroxylation sites is 1. The number of carbonyl (C=O) groups is 1. The highest BCUT2D eigenvalue weighted by Gasteiger charge is 2.16. The van der Waals surface area contributed by atoms with Gasteiger partial charge in [-0.15, -0.1) is 0 Å². The molecule has 0 spiro atoms. The summed E-state index contributed by atoms with van der Waals surface area (Å²) < 4.78 is 34.0. The van der Waals surface area contributed by atoms with Gasteiger partial charge in [-0.2, -0.15) is 0 Å². The Balaban J connectivity index is 1.65. The van der Waals surface area contributed by atoms with E-state index in [4.69, 9.17) is 16.3 Å². The van der Waals surface area contributed by atoms with Crippen molar-refractivity contribution in [1.82, 2.24) is 0 Å². The molecule has 0 aliphatic rings. The van der Waals surface area contributed by atoms with Crippen LogP contribution in [0, 0.1) is 6.92 Å². The number of anilines is 2. The smallest absolute Gasteiger partial charge is 0.262 e. The molecular weight excluding hydrogens is 492 g/mol. The van der Waals surface area contributed by atoms with Crippen LogP contribution in [0.4, 0.5) is 11.4 Å². The summed E-state index contributed by atoms with van der Waals surface area (Å²) in [6.45, 7) is 1.50. The van der Waals surface area contributed by atoms with Crippen molar-refractivity contribution in [2.75, 3.05) is 16.6 Å². The molecule has 0 saturated heterocycles. The molecule has 0 bridgehead atoms. The average Bonchev–Trinajstić information content (AvgIpc) is 2.70. The fraction of sp³-hybridized carbons (Fsp3) is 0.0952. The van der Waals surface area contributed by atoms with E-state index in [2.05, 4.69) is 26.0 Å². The number of rotatable bonds is 7. The molecule has 0 saturated carbocycles. The fourth-order valence-corrected chi connectivity index (χ4v) is 4.23. The monoisotopic (exact) mass is 508 g/mol. The summed E-state index contributed by atoms with van der Waals surface area (Å²) in [5.41, 5.74) is 1.63. The quantitative estimate of drug-likeness (QED) is 0.457. The normalized spacial score (nSPS) is 11.0. The number of halogens is 2. The minimum Gasteiger partial charge on any atom is -0.483 e. The number of sulfonamides is 1. The molecule has 156 valence electrons. The highest BCUT2D eigenvalue weighted by atomic mass is 79.9. The second-order valence-electron chi connectivity index (χ2n) is 6.36. The molecule has 0 heterocycles. The molecule has 2 N–H and O–H groups in total. The minimum absolute atomic E-state index is 0.0833. The predicted octanol–water partition coefficient (Wildman–Crippen LogP) is 5.23. The van der Waals surface area contributed by atoms with Gasteiger partial charge in [0, 0.05) is 15.2 Å². The Kier molecular flexibility index (Phi) is 7.02. The van der Waals surface area contributed by atoms with Crippen LogP contribution in [0.3, 0.4) is 0 Å². The molecule has 9 heteroatoms. The molecule has 1 amide bonds. The first kappa shape index (κ1) is 22.1. The van der Waals surface area contributed by atoms with Gasteiger partial charge in [-0.05, 0) is 83.0 Å². The van der Waals surface area contributed by atoms with Gasteiger partial charge < -0.3 is 10.1 Å². The van der Waals surface area contributed by atoms with Crippen LogP contribution in [0.1, 0.15) is 5.56 Å². The van der Waals surface area contributed by atoms with Crippen LogP contribution in [0.15, 0.2) is 76.1 Å². The second-order valence-corrected chi connectivity index (χ2v) is 9.33. The van der Waals surface area contributed by atoms with E-state index in [1.165, 1.54) is 18.2 Å². The van der Waals surface area contributed by atoms with E-state index in [0.29, 0.717) is 27.7 Å². The van der Waals surface area contributed by atoms with E-state index >= 15 is 0 Å². The molecule has 0 unspecified atom stereocenters. The Morgan fingerprint density at radius 1 is 1.07 bits per heavy atom. The Labute approximate surface area is 188 Å². The van der Waals surface area contributed by atoms with Crippen LogP contribution < -0.4 is 14.8 Å². The molecule has 6 nitrogen and oxygen atoms in total. The molecule has 0 radical (unpaired) electrons. The van der Waals surface area contributed by atoms with Gasteiger partial charge in [-0.3, -0.25) is 9.52 Å². The Bertz CT molecular complexity index is 1170. The maximum absolute atomic E-state index is 12.6. The summed E-state index contributed by atoms with van der Waals surface area (Å²) in [4.78, 5) is 12.2. The van der Waals surface area contributed by atoms with Crippen molar-refractivity contribution in [2.45, 2.75) is 11.8 Å². The molecule has 3 aromatic carbocycles. The van der Waals surface area contributed by atoms with E-state index in [1.54, 1.807) is 37.3 Å². The molecule has 0 aromatic heterocycles. The Hall–Kier alpha value is -2.55.